The molecule has 0 saturated heterocycles. The van der Waals surface area contributed by atoms with Crippen LogP contribution in [0.25, 0.3) is 21.8 Å². The summed E-state index contributed by atoms with van der Waals surface area (Å²) in [5, 5.41) is 5.75. The molecule has 3 heteroatoms. The zero-order valence-electron chi connectivity index (χ0n) is 15.1. The van der Waals surface area contributed by atoms with Gasteiger partial charge in [0.25, 0.3) is 0 Å². The van der Waals surface area contributed by atoms with E-state index in [1.165, 1.54) is 27.4 Å². The third-order valence-electron chi connectivity index (χ3n) is 4.70. The Labute approximate surface area is 154 Å². The number of nitrogens with one attached hydrogen (secondary N) is 1. The van der Waals surface area contributed by atoms with Crippen LogP contribution in [0.5, 0.6) is 5.75 Å². The second-order valence-corrected chi connectivity index (χ2v) is 6.53. The van der Waals surface area contributed by atoms with Gasteiger partial charge >= 0.3 is 0 Å². The summed E-state index contributed by atoms with van der Waals surface area (Å²) >= 11 is 0. The van der Waals surface area contributed by atoms with Gasteiger partial charge in [-0.05, 0) is 36.7 Å². The summed E-state index contributed by atoms with van der Waals surface area (Å²) in [4.78, 5) is 0. The van der Waals surface area contributed by atoms with Crippen molar-refractivity contribution in [2.75, 3.05) is 13.3 Å². The number of benzene rings is 3. The zero-order valence-corrected chi connectivity index (χ0v) is 15.1. The fourth-order valence-electron chi connectivity index (χ4n) is 3.50. The average Bonchev–Trinajstić information content (AvgIpc) is 3.01. The smallest absolute Gasteiger partial charge is 0.139 e. The van der Waals surface area contributed by atoms with E-state index in [0.29, 0.717) is 6.73 Å². The molecule has 26 heavy (non-hydrogen) atoms. The molecule has 0 saturated carbocycles. The zero-order chi connectivity index (χ0) is 17.8. The van der Waals surface area contributed by atoms with Crippen molar-refractivity contribution in [1.29, 1.82) is 0 Å². The first kappa shape index (κ1) is 16.7. The summed E-state index contributed by atoms with van der Waals surface area (Å²) < 4.78 is 8.45. The van der Waals surface area contributed by atoms with Crippen molar-refractivity contribution >= 4 is 21.8 Å². The van der Waals surface area contributed by atoms with Crippen LogP contribution in [0.15, 0.2) is 72.8 Å². The monoisotopic (exact) mass is 344 g/mol. The van der Waals surface area contributed by atoms with Gasteiger partial charge in [0.2, 0.25) is 0 Å². The quantitative estimate of drug-likeness (QED) is 0.369. The predicted octanol–water partition coefficient (Wildman–Crippen LogP) is 5.18. The van der Waals surface area contributed by atoms with Gasteiger partial charge in [0, 0.05) is 22.8 Å². The third kappa shape index (κ3) is 3.18. The fraction of sp³-hybridized carbons (Fsp3) is 0.217. The summed E-state index contributed by atoms with van der Waals surface area (Å²) in [6.45, 7) is 4.50. The van der Waals surface area contributed by atoms with Crippen LogP contribution >= 0.6 is 0 Å². The van der Waals surface area contributed by atoms with E-state index >= 15 is 0 Å². The molecule has 4 rings (SSSR count). The summed E-state index contributed by atoms with van der Waals surface area (Å²) in [5.41, 5.74) is 3.75. The fourth-order valence-corrected chi connectivity index (χ4v) is 3.50. The molecule has 0 aliphatic heterocycles. The molecule has 1 aromatic heterocycles. The molecule has 0 aliphatic carbocycles. The number of rotatable bonds is 7. The van der Waals surface area contributed by atoms with Crippen molar-refractivity contribution in [2.24, 2.45) is 0 Å². The molecule has 0 unspecified atom stereocenters. The molecule has 1 N–H and O–H groups in total. The van der Waals surface area contributed by atoms with Crippen molar-refractivity contribution in [3.8, 4) is 5.75 Å². The molecule has 3 nitrogen and oxygen atoms in total. The molecular weight excluding hydrogens is 320 g/mol. The lowest BCUT2D eigenvalue weighted by atomic mass is 10.1. The Hall–Kier alpha value is -2.78. The van der Waals surface area contributed by atoms with Crippen molar-refractivity contribution < 1.29 is 4.74 Å². The van der Waals surface area contributed by atoms with E-state index in [-0.39, 0.29) is 0 Å². The minimum Gasteiger partial charge on any atom is -0.478 e. The van der Waals surface area contributed by atoms with Gasteiger partial charge in [0.1, 0.15) is 12.5 Å². The Morgan fingerprint density at radius 3 is 2.46 bits per heavy atom. The van der Waals surface area contributed by atoms with E-state index in [9.17, 15) is 0 Å². The van der Waals surface area contributed by atoms with E-state index in [0.717, 1.165) is 25.3 Å². The van der Waals surface area contributed by atoms with E-state index in [2.05, 4.69) is 89.6 Å². The largest absolute Gasteiger partial charge is 0.478 e. The molecule has 132 valence electrons. The number of aromatic nitrogens is 1. The maximum absolute atomic E-state index is 6.07. The van der Waals surface area contributed by atoms with Crippen LogP contribution in [0.3, 0.4) is 0 Å². The number of ether oxygens (including phenoxy) is 1. The van der Waals surface area contributed by atoms with E-state index in [4.69, 9.17) is 4.74 Å². The Balaban J connectivity index is 1.81. The van der Waals surface area contributed by atoms with Gasteiger partial charge in [0.05, 0.1) is 5.52 Å². The molecule has 0 amide bonds. The Bertz CT molecular complexity index is 1000. The summed E-state index contributed by atoms with van der Waals surface area (Å²) in [7, 11) is 0. The summed E-state index contributed by atoms with van der Waals surface area (Å²) in [6.07, 6.45) is 1.10. The van der Waals surface area contributed by atoms with Gasteiger partial charge in [-0.15, -0.1) is 0 Å². The lowest BCUT2D eigenvalue weighted by molar-refractivity contribution is 0.287. The SMILES string of the molecule is CCCNCOc1cccc2c1c1ccccc1n2Cc1ccccc1. The highest BCUT2D eigenvalue weighted by molar-refractivity contribution is 6.11. The predicted molar refractivity (Wildman–Crippen MR) is 109 cm³/mol. The van der Waals surface area contributed by atoms with Crippen LogP contribution in [0.4, 0.5) is 0 Å². The van der Waals surface area contributed by atoms with Gasteiger partial charge in [-0.1, -0.05) is 61.5 Å². The normalized spacial score (nSPS) is 11.3. The van der Waals surface area contributed by atoms with Crippen molar-refractivity contribution in [1.82, 2.24) is 9.88 Å². The van der Waals surface area contributed by atoms with Crippen molar-refractivity contribution in [3.05, 3.63) is 78.4 Å². The Morgan fingerprint density at radius 2 is 1.62 bits per heavy atom. The van der Waals surface area contributed by atoms with E-state index < -0.39 is 0 Å². The Kier molecular flexibility index (Phi) is 4.89. The first-order chi connectivity index (χ1) is 12.9. The van der Waals surface area contributed by atoms with Crippen LogP contribution < -0.4 is 10.1 Å². The van der Waals surface area contributed by atoms with E-state index in [1.54, 1.807) is 0 Å². The van der Waals surface area contributed by atoms with Gasteiger partial charge in [-0.2, -0.15) is 0 Å². The molecule has 0 radical (unpaired) electrons. The number of hydrogen-bond donors (Lipinski definition) is 1. The highest BCUT2D eigenvalue weighted by Gasteiger charge is 2.14. The lowest BCUT2D eigenvalue weighted by Crippen LogP contribution is -2.20. The number of para-hydroxylation sites is 1. The minimum absolute atomic E-state index is 0.533. The number of fused-ring (bicyclic) bond motifs is 3. The van der Waals surface area contributed by atoms with Crippen LogP contribution in [-0.2, 0) is 6.54 Å². The van der Waals surface area contributed by atoms with Crippen LogP contribution in [0.1, 0.15) is 18.9 Å². The highest BCUT2D eigenvalue weighted by Crippen LogP contribution is 2.36. The van der Waals surface area contributed by atoms with Crippen molar-refractivity contribution in [3.63, 3.8) is 0 Å². The third-order valence-corrected chi connectivity index (χ3v) is 4.70. The summed E-state index contributed by atoms with van der Waals surface area (Å²) in [5.74, 6) is 0.939. The van der Waals surface area contributed by atoms with Crippen molar-refractivity contribution in [2.45, 2.75) is 19.9 Å². The second-order valence-electron chi connectivity index (χ2n) is 6.53. The minimum atomic E-state index is 0.533. The first-order valence-electron chi connectivity index (χ1n) is 9.26. The maximum atomic E-state index is 6.07. The standard InChI is InChI=1S/C23H24N2O/c1-2-15-24-17-26-22-14-8-13-21-23(22)19-11-6-7-12-20(19)25(21)16-18-9-4-3-5-10-18/h3-14,24H,2,15-17H2,1H3. The lowest BCUT2D eigenvalue weighted by Gasteiger charge is -2.10. The highest BCUT2D eigenvalue weighted by atomic mass is 16.5. The van der Waals surface area contributed by atoms with Gasteiger partial charge in [-0.3, -0.25) is 5.32 Å². The molecule has 1 heterocycles. The molecule has 3 aromatic carbocycles. The molecule has 0 atom stereocenters. The topological polar surface area (TPSA) is 26.2 Å². The molecule has 0 fully saturated rings. The molecule has 0 spiro atoms. The van der Waals surface area contributed by atoms with Crippen LogP contribution in [0.2, 0.25) is 0 Å². The molecule has 0 aliphatic rings. The van der Waals surface area contributed by atoms with E-state index in [1.807, 2.05) is 0 Å². The number of nitrogens with zero attached hydrogens (tertiary/aromatic N) is 1. The second kappa shape index (κ2) is 7.63. The molecular formula is C23H24N2O. The first-order valence-corrected chi connectivity index (χ1v) is 9.26. The summed E-state index contributed by atoms with van der Waals surface area (Å²) in [6, 6.07) is 25.5. The number of hydrogen-bond acceptors (Lipinski definition) is 2. The molecule has 4 aromatic rings. The van der Waals surface area contributed by atoms with Crippen LogP contribution in [-0.4, -0.2) is 17.8 Å². The van der Waals surface area contributed by atoms with Crippen LogP contribution in [0, 0.1) is 0 Å². The maximum Gasteiger partial charge on any atom is 0.139 e. The van der Waals surface area contributed by atoms with Gasteiger partial charge in [-0.25, -0.2) is 0 Å². The molecule has 0 bridgehead atoms. The van der Waals surface area contributed by atoms with Gasteiger partial charge < -0.3 is 9.30 Å². The Morgan fingerprint density at radius 1 is 0.846 bits per heavy atom. The van der Waals surface area contributed by atoms with Gasteiger partial charge in [0.15, 0.2) is 0 Å². The average molecular weight is 344 g/mol.